The van der Waals surface area contributed by atoms with Crippen LogP contribution in [0, 0.1) is 0 Å². The molecule has 0 bridgehead atoms. The lowest BCUT2D eigenvalue weighted by atomic mass is 10.3. The molecule has 1 heterocycles. The summed E-state index contributed by atoms with van der Waals surface area (Å²) in [4.78, 5) is 3.33. The summed E-state index contributed by atoms with van der Waals surface area (Å²) in [6.45, 7) is 0. The van der Waals surface area contributed by atoms with E-state index in [0.717, 1.165) is 31.5 Å². The normalized spacial score (nSPS) is 24.9. The van der Waals surface area contributed by atoms with Crippen LogP contribution in [0.5, 0.6) is 5.75 Å². The predicted molar refractivity (Wildman–Crippen MR) is 55.5 cm³/mol. The van der Waals surface area contributed by atoms with Gasteiger partial charge in [-0.25, -0.2) is 4.98 Å². The van der Waals surface area contributed by atoms with Crippen molar-refractivity contribution in [3.8, 4) is 5.75 Å². The van der Waals surface area contributed by atoms with Crippen LogP contribution in [0.1, 0.15) is 25.0 Å². The second-order valence-electron chi connectivity index (χ2n) is 4.19. The Bertz CT molecular complexity index is 377. The van der Waals surface area contributed by atoms with Crippen molar-refractivity contribution >= 4 is 0 Å². The molecule has 1 aromatic rings. The summed E-state index contributed by atoms with van der Waals surface area (Å²) in [6.07, 6.45) is -0.855. The molecule has 0 saturated heterocycles. The van der Waals surface area contributed by atoms with Crippen LogP contribution in [0.3, 0.4) is 0 Å². The monoisotopic (exact) mass is 246 g/mol. The Kier molecular flexibility index (Phi) is 3.24. The molecule has 1 aromatic heterocycles. The molecule has 6 heteroatoms. The lowest BCUT2D eigenvalue weighted by Gasteiger charge is -2.13. The first-order chi connectivity index (χ1) is 7.95. The standard InChI is InChI=1S/C11H13F3N2O/c12-11(13,14)10-4-3-9(6-16-10)17-8-2-1-7(15)5-8/h3-4,6-8H,1-2,5,15H2/t7-,8-/m1/s1. The molecule has 17 heavy (non-hydrogen) atoms. The molecule has 1 aliphatic carbocycles. The Hall–Kier alpha value is -1.30. The molecule has 0 aliphatic heterocycles. The van der Waals surface area contributed by atoms with Crippen LogP contribution in [0.2, 0.25) is 0 Å². The Labute approximate surface area is 96.8 Å². The number of nitrogens with two attached hydrogens (primary N) is 1. The maximum absolute atomic E-state index is 12.3. The average Bonchev–Trinajstić information content (AvgIpc) is 2.63. The van der Waals surface area contributed by atoms with E-state index in [1.54, 1.807) is 0 Å². The van der Waals surface area contributed by atoms with E-state index in [-0.39, 0.29) is 12.1 Å². The number of alkyl halides is 3. The molecule has 2 N–H and O–H groups in total. The van der Waals surface area contributed by atoms with Gasteiger partial charge in [-0.15, -0.1) is 0 Å². The van der Waals surface area contributed by atoms with Gasteiger partial charge in [0.1, 0.15) is 17.5 Å². The fraction of sp³-hybridized carbons (Fsp3) is 0.545. The summed E-state index contributed by atoms with van der Waals surface area (Å²) in [5.41, 5.74) is 4.81. The highest BCUT2D eigenvalue weighted by atomic mass is 19.4. The molecule has 1 saturated carbocycles. The van der Waals surface area contributed by atoms with E-state index in [0.29, 0.717) is 5.75 Å². The zero-order valence-electron chi connectivity index (χ0n) is 9.07. The summed E-state index contributed by atoms with van der Waals surface area (Å²) < 4.78 is 42.3. The zero-order valence-corrected chi connectivity index (χ0v) is 9.07. The number of halogens is 3. The topological polar surface area (TPSA) is 48.1 Å². The second-order valence-corrected chi connectivity index (χ2v) is 4.19. The Morgan fingerprint density at radius 2 is 2.06 bits per heavy atom. The van der Waals surface area contributed by atoms with E-state index in [2.05, 4.69) is 4.98 Å². The van der Waals surface area contributed by atoms with Crippen molar-refractivity contribution in [1.29, 1.82) is 0 Å². The van der Waals surface area contributed by atoms with Crippen molar-refractivity contribution in [2.24, 2.45) is 5.73 Å². The third-order valence-corrected chi connectivity index (χ3v) is 2.75. The van der Waals surface area contributed by atoms with Gasteiger partial charge in [-0.2, -0.15) is 13.2 Å². The second kappa shape index (κ2) is 4.52. The number of rotatable bonds is 2. The van der Waals surface area contributed by atoms with Crippen molar-refractivity contribution in [3.05, 3.63) is 24.0 Å². The number of hydrogen-bond donors (Lipinski definition) is 1. The zero-order chi connectivity index (χ0) is 12.5. The highest BCUT2D eigenvalue weighted by Gasteiger charge is 2.32. The van der Waals surface area contributed by atoms with Crippen molar-refractivity contribution in [2.75, 3.05) is 0 Å². The van der Waals surface area contributed by atoms with Crippen molar-refractivity contribution < 1.29 is 17.9 Å². The van der Waals surface area contributed by atoms with Crippen LogP contribution in [0.4, 0.5) is 13.2 Å². The SMILES string of the molecule is N[C@@H]1CC[C@@H](Oc2ccc(C(F)(F)F)nc2)C1. The largest absolute Gasteiger partial charge is 0.489 e. The molecule has 3 nitrogen and oxygen atoms in total. The molecule has 0 aromatic carbocycles. The van der Waals surface area contributed by atoms with Crippen molar-refractivity contribution in [1.82, 2.24) is 4.98 Å². The molecule has 0 radical (unpaired) electrons. The maximum atomic E-state index is 12.3. The van der Waals surface area contributed by atoms with Gasteiger partial charge in [0.25, 0.3) is 0 Å². The first kappa shape index (κ1) is 12.2. The van der Waals surface area contributed by atoms with Crippen LogP contribution in [0.25, 0.3) is 0 Å². The Morgan fingerprint density at radius 3 is 2.53 bits per heavy atom. The van der Waals surface area contributed by atoms with Gasteiger partial charge in [0.2, 0.25) is 0 Å². The quantitative estimate of drug-likeness (QED) is 0.871. The fourth-order valence-corrected chi connectivity index (χ4v) is 1.89. The molecule has 0 unspecified atom stereocenters. The summed E-state index contributed by atoms with van der Waals surface area (Å²) in [5, 5.41) is 0. The molecular formula is C11H13F3N2O. The van der Waals surface area contributed by atoms with Crippen molar-refractivity contribution in [3.63, 3.8) is 0 Å². The van der Waals surface area contributed by atoms with Gasteiger partial charge in [0.15, 0.2) is 0 Å². The minimum Gasteiger partial charge on any atom is -0.489 e. The first-order valence-electron chi connectivity index (χ1n) is 5.40. The minimum absolute atomic E-state index is 0.0106. The van der Waals surface area contributed by atoms with Gasteiger partial charge in [0, 0.05) is 6.04 Å². The van der Waals surface area contributed by atoms with Gasteiger partial charge < -0.3 is 10.5 Å². The van der Waals surface area contributed by atoms with E-state index in [9.17, 15) is 13.2 Å². The highest BCUT2D eigenvalue weighted by molar-refractivity contribution is 5.21. The predicted octanol–water partition coefficient (Wildman–Crippen LogP) is 2.36. The Balaban J connectivity index is 1.99. The molecule has 1 fully saturated rings. The third kappa shape index (κ3) is 3.09. The number of hydrogen-bond acceptors (Lipinski definition) is 3. The van der Waals surface area contributed by atoms with E-state index in [1.807, 2.05) is 0 Å². The fourth-order valence-electron chi connectivity index (χ4n) is 1.89. The third-order valence-electron chi connectivity index (χ3n) is 2.75. The van der Waals surface area contributed by atoms with Crippen molar-refractivity contribution in [2.45, 2.75) is 37.6 Å². The summed E-state index contributed by atoms with van der Waals surface area (Å²) in [6, 6.07) is 2.34. The van der Waals surface area contributed by atoms with Gasteiger partial charge in [-0.05, 0) is 31.4 Å². The van der Waals surface area contributed by atoms with Gasteiger partial charge in [0.05, 0.1) is 6.20 Å². The number of pyridine rings is 1. The lowest BCUT2D eigenvalue weighted by molar-refractivity contribution is -0.141. The summed E-state index contributed by atoms with van der Waals surface area (Å²) >= 11 is 0. The van der Waals surface area contributed by atoms with Crippen LogP contribution < -0.4 is 10.5 Å². The summed E-state index contributed by atoms with van der Waals surface area (Å²) in [7, 11) is 0. The van der Waals surface area contributed by atoms with E-state index in [4.69, 9.17) is 10.5 Å². The lowest BCUT2D eigenvalue weighted by Crippen LogP contribution is -2.19. The van der Waals surface area contributed by atoms with Gasteiger partial charge in [-0.1, -0.05) is 0 Å². The molecular weight excluding hydrogens is 233 g/mol. The number of aromatic nitrogens is 1. The van der Waals surface area contributed by atoms with Crippen LogP contribution in [-0.2, 0) is 6.18 Å². The number of nitrogens with zero attached hydrogens (tertiary/aromatic N) is 1. The first-order valence-corrected chi connectivity index (χ1v) is 5.40. The van der Waals surface area contributed by atoms with E-state index in [1.165, 1.54) is 6.07 Å². The minimum atomic E-state index is -4.41. The van der Waals surface area contributed by atoms with Crippen LogP contribution in [-0.4, -0.2) is 17.1 Å². The highest BCUT2D eigenvalue weighted by Crippen LogP contribution is 2.29. The number of ether oxygens (including phenoxy) is 1. The van der Waals surface area contributed by atoms with Crippen LogP contribution in [0.15, 0.2) is 18.3 Å². The van der Waals surface area contributed by atoms with E-state index >= 15 is 0 Å². The molecule has 2 atom stereocenters. The smallest absolute Gasteiger partial charge is 0.433 e. The molecule has 1 aliphatic rings. The van der Waals surface area contributed by atoms with Gasteiger partial charge >= 0.3 is 6.18 Å². The maximum Gasteiger partial charge on any atom is 0.433 e. The van der Waals surface area contributed by atoms with Crippen LogP contribution >= 0.6 is 0 Å². The van der Waals surface area contributed by atoms with E-state index < -0.39 is 11.9 Å². The average molecular weight is 246 g/mol. The molecule has 0 spiro atoms. The molecule has 2 rings (SSSR count). The molecule has 0 amide bonds. The van der Waals surface area contributed by atoms with Gasteiger partial charge in [-0.3, -0.25) is 0 Å². The Morgan fingerprint density at radius 1 is 1.29 bits per heavy atom. The summed E-state index contributed by atoms with van der Waals surface area (Å²) in [5.74, 6) is 0.358. The molecule has 94 valence electrons.